The zero-order chi connectivity index (χ0) is 18.3. The van der Waals surface area contributed by atoms with Crippen LogP contribution in [0.25, 0.3) is 0 Å². The lowest BCUT2D eigenvalue weighted by Crippen LogP contribution is -2.26. The third kappa shape index (κ3) is 2.62. The van der Waals surface area contributed by atoms with Crippen molar-refractivity contribution in [3.63, 3.8) is 0 Å². The van der Waals surface area contributed by atoms with Crippen LogP contribution in [0.1, 0.15) is 46.7 Å². The van der Waals surface area contributed by atoms with Crippen molar-refractivity contribution in [3.05, 3.63) is 81.1 Å². The Kier molecular flexibility index (Phi) is 3.93. The summed E-state index contributed by atoms with van der Waals surface area (Å²) in [6, 6.07) is 11.1. The van der Waals surface area contributed by atoms with E-state index < -0.39 is 0 Å². The molecule has 128 valence electrons. The quantitative estimate of drug-likeness (QED) is 0.559. The van der Waals surface area contributed by atoms with Gasteiger partial charge in [0, 0.05) is 31.5 Å². The van der Waals surface area contributed by atoms with Crippen LogP contribution < -0.4 is 0 Å². The van der Waals surface area contributed by atoms with Crippen LogP contribution in [0.4, 0.5) is 0 Å². The molecule has 1 amide bonds. The van der Waals surface area contributed by atoms with E-state index in [-0.39, 0.29) is 38.6 Å². The number of benzene rings is 1. The number of thiazole rings is 1. The lowest BCUT2D eigenvalue weighted by Gasteiger charge is -2.15. The molecule has 3 aromatic rings. The molecule has 0 fully saturated rings. The van der Waals surface area contributed by atoms with Crippen LogP contribution in [0.15, 0.2) is 48.8 Å². The second-order valence-electron chi connectivity index (χ2n) is 5.92. The fourth-order valence-corrected chi connectivity index (χ4v) is 3.85. The Hall–Kier alpha value is -3.19. The summed E-state index contributed by atoms with van der Waals surface area (Å²) in [6.45, 7) is 0.413. The summed E-state index contributed by atoms with van der Waals surface area (Å²) in [5.74, 6) is -0.987. The predicted molar refractivity (Wildman–Crippen MR) is 95.5 cm³/mol. The van der Waals surface area contributed by atoms with Crippen LogP contribution in [0.5, 0.6) is 0 Å². The van der Waals surface area contributed by atoms with E-state index in [4.69, 9.17) is 0 Å². The van der Waals surface area contributed by atoms with Crippen LogP contribution >= 0.6 is 11.3 Å². The number of amides is 1. The third-order valence-electron chi connectivity index (χ3n) is 4.15. The van der Waals surface area contributed by atoms with Gasteiger partial charge in [0.15, 0.2) is 5.01 Å². The van der Waals surface area contributed by atoms with Crippen LogP contribution in [0, 0.1) is 0 Å². The zero-order valence-corrected chi connectivity index (χ0v) is 14.6. The molecule has 1 aliphatic rings. The smallest absolute Gasteiger partial charge is 0.282 e. The number of rotatable bonds is 3. The number of carbonyl (C=O) groups excluding carboxylic acids is 3. The molecule has 0 spiro atoms. The van der Waals surface area contributed by atoms with E-state index in [9.17, 15) is 14.4 Å². The van der Waals surface area contributed by atoms with Crippen molar-refractivity contribution in [1.29, 1.82) is 0 Å². The molecule has 0 saturated carbocycles. The minimum atomic E-state index is -0.372. The molecule has 6 nitrogen and oxygen atoms in total. The number of ketones is 2. The van der Waals surface area contributed by atoms with Gasteiger partial charge in [-0.25, -0.2) is 4.98 Å². The largest absolute Gasteiger partial charge is 0.335 e. The predicted octanol–water partition coefficient (Wildman–Crippen LogP) is 2.59. The third-order valence-corrected chi connectivity index (χ3v) is 5.19. The highest BCUT2D eigenvalue weighted by Gasteiger charge is 2.35. The van der Waals surface area contributed by atoms with Crippen molar-refractivity contribution in [3.8, 4) is 0 Å². The summed E-state index contributed by atoms with van der Waals surface area (Å²) in [5, 5.41) is 0.135. The van der Waals surface area contributed by atoms with Gasteiger partial charge in [0.2, 0.25) is 11.6 Å². The SMILES string of the molecule is CN(Cc1ccccc1)C(=O)c1nc2c(s1)C(=O)c1ccncc1C2=O. The fraction of sp³-hybridized carbons (Fsp3) is 0.105. The summed E-state index contributed by atoms with van der Waals surface area (Å²) in [6.07, 6.45) is 2.83. The maximum atomic E-state index is 12.7. The van der Waals surface area contributed by atoms with Crippen molar-refractivity contribution < 1.29 is 14.4 Å². The van der Waals surface area contributed by atoms with Crippen molar-refractivity contribution in [2.45, 2.75) is 6.54 Å². The molecule has 26 heavy (non-hydrogen) atoms. The molecule has 0 atom stereocenters. The van der Waals surface area contributed by atoms with E-state index in [0.29, 0.717) is 12.1 Å². The van der Waals surface area contributed by atoms with Gasteiger partial charge < -0.3 is 4.90 Å². The van der Waals surface area contributed by atoms with E-state index in [1.807, 2.05) is 30.3 Å². The van der Waals surface area contributed by atoms with Gasteiger partial charge in [0.05, 0.1) is 5.56 Å². The van der Waals surface area contributed by atoms with Crippen LogP contribution in [0.3, 0.4) is 0 Å². The van der Waals surface area contributed by atoms with Crippen LogP contribution in [-0.2, 0) is 6.54 Å². The Bertz CT molecular complexity index is 991. The highest BCUT2D eigenvalue weighted by molar-refractivity contribution is 7.16. The normalized spacial score (nSPS) is 12.5. The summed E-state index contributed by atoms with van der Waals surface area (Å²) in [5.41, 5.74) is 1.55. The van der Waals surface area contributed by atoms with Gasteiger partial charge >= 0.3 is 0 Å². The van der Waals surface area contributed by atoms with Gasteiger partial charge in [-0.1, -0.05) is 30.3 Å². The minimum absolute atomic E-state index is 0.0389. The second-order valence-corrected chi connectivity index (χ2v) is 6.92. The summed E-state index contributed by atoms with van der Waals surface area (Å²) >= 11 is 0.965. The molecule has 7 heteroatoms. The Morgan fingerprint density at radius 3 is 2.62 bits per heavy atom. The lowest BCUT2D eigenvalue weighted by molar-refractivity contribution is 0.0784. The molecular formula is C19H13N3O3S. The molecule has 1 aliphatic carbocycles. The highest BCUT2D eigenvalue weighted by Crippen LogP contribution is 2.31. The number of aromatic nitrogens is 2. The van der Waals surface area contributed by atoms with Gasteiger partial charge in [-0.05, 0) is 11.6 Å². The average Bonchev–Trinajstić information content (AvgIpc) is 3.12. The molecular weight excluding hydrogens is 350 g/mol. The van der Waals surface area contributed by atoms with E-state index in [1.165, 1.54) is 23.4 Å². The molecule has 0 saturated heterocycles. The number of nitrogens with zero attached hydrogens (tertiary/aromatic N) is 3. The standard InChI is InChI=1S/C19H13N3O3S/c1-22(10-11-5-3-2-4-6-11)19(25)18-21-14-15(23)13-9-20-8-7-12(13)16(24)17(14)26-18/h2-9H,10H2,1H3. The first-order valence-corrected chi connectivity index (χ1v) is 8.71. The molecule has 0 N–H and O–H groups in total. The molecule has 0 aliphatic heterocycles. The van der Waals surface area contributed by atoms with E-state index in [1.54, 1.807) is 7.05 Å². The first-order valence-electron chi connectivity index (χ1n) is 7.90. The van der Waals surface area contributed by atoms with Gasteiger partial charge in [0.1, 0.15) is 10.6 Å². The maximum Gasteiger partial charge on any atom is 0.282 e. The van der Waals surface area contributed by atoms with Crippen molar-refractivity contribution in [1.82, 2.24) is 14.9 Å². The number of carbonyl (C=O) groups is 3. The Morgan fingerprint density at radius 2 is 1.85 bits per heavy atom. The number of hydrogen-bond acceptors (Lipinski definition) is 6. The topological polar surface area (TPSA) is 80.2 Å². The summed E-state index contributed by atoms with van der Waals surface area (Å²) in [7, 11) is 1.66. The van der Waals surface area contributed by atoms with Gasteiger partial charge in [-0.2, -0.15) is 0 Å². The molecule has 2 heterocycles. The van der Waals surface area contributed by atoms with Crippen molar-refractivity contribution >= 4 is 28.8 Å². The van der Waals surface area contributed by atoms with Gasteiger partial charge in [-0.3, -0.25) is 19.4 Å². The number of pyridine rings is 1. The van der Waals surface area contributed by atoms with Gasteiger partial charge in [0.25, 0.3) is 5.91 Å². The summed E-state index contributed by atoms with van der Waals surface area (Å²) < 4.78 is 0. The van der Waals surface area contributed by atoms with Gasteiger partial charge in [-0.15, -0.1) is 11.3 Å². The Morgan fingerprint density at radius 1 is 1.08 bits per heavy atom. The monoisotopic (exact) mass is 363 g/mol. The molecule has 0 bridgehead atoms. The maximum absolute atomic E-state index is 12.7. The molecule has 0 radical (unpaired) electrons. The van der Waals surface area contributed by atoms with Crippen LogP contribution in [-0.4, -0.2) is 39.4 Å². The zero-order valence-electron chi connectivity index (χ0n) is 13.8. The minimum Gasteiger partial charge on any atom is -0.335 e. The number of fused-ring (bicyclic) bond motifs is 2. The Labute approximate surface area is 153 Å². The lowest BCUT2D eigenvalue weighted by atomic mass is 9.93. The first kappa shape index (κ1) is 16.3. The van der Waals surface area contributed by atoms with E-state index in [2.05, 4.69) is 9.97 Å². The number of hydrogen-bond donors (Lipinski definition) is 0. The van der Waals surface area contributed by atoms with E-state index in [0.717, 1.165) is 16.9 Å². The Balaban J connectivity index is 1.65. The first-order chi connectivity index (χ1) is 12.6. The fourth-order valence-electron chi connectivity index (χ4n) is 2.84. The van der Waals surface area contributed by atoms with E-state index >= 15 is 0 Å². The molecule has 0 unspecified atom stereocenters. The summed E-state index contributed by atoms with van der Waals surface area (Å²) in [4.78, 5) is 47.7. The second kappa shape index (κ2) is 6.27. The van der Waals surface area contributed by atoms with Crippen molar-refractivity contribution in [2.24, 2.45) is 0 Å². The van der Waals surface area contributed by atoms with Crippen LogP contribution in [0.2, 0.25) is 0 Å². The average molecular weight is 363 g/mol. The molecule has 4 rings (SSSR count). The van der Waals surface area contributed by atoms with Crippen molar-refractivity contribution in [2.75, 3.05) is 7.05 Å². The highest BCUT2D eigenvalue weighted by atomic mass is 32.1. The molecule has 1 aromatic carbocycles. The molecule has 2 aromatic heterocycles.